The zero-order valence-electron chi connectivity index (χ0n) is 17.2. The van der Waals surface area contributed by atoms with Crippen molar-refractivity contribution in [1.82, 2.24) is 10.2 Å². The fraction of sp³-hybridized carbons (Fsp3) is 0.636. The van der Waals surface area contributed by atoms with E-state index in [1.165, 1.54) is 6.42 Å². The molecular weight excluding hydrogens is 340 g/mol. The number of likely N-dealkylation sites (tertiary alicyclic amines) is 1. The second-order valence-corrected chi connectivity index (χ2v) is 9.30. The molecule has 0 spiro atoms. The molecule has 1 saturated heterocycles. The molecule has 3 unspecified atom stereocenters. The van der Waals surface area contributed by atoms with Crippen molar-refractivity contribution in [3.8, 4) is 0 Å². The lowest BCUT2D eigenvalue weighted by molar-refractivity contribution is -0.140. The highest BCUT2D eigenvalue weighted by atomic mass is 16.6. The van der Waals surface area contributed by atoms with Gasteiger partial charge in [-0.05, 0) is 50.7 Å². The molecule has 2 heterocycles. The maximum atomic E-state index is 12.9. The topological polar surface area (TPSA) is 58.6 Å². The van der Waals surface area contributed by atoms with Gasteiger partial charge in [-0.1, -0.05) is 32.0 Å². The molecule has 1 N–H and O–H groups in total. The third-order valence-electron chi connectivity index (χ3n) is 5.97. The summed E-state index contributed by atoms with van der Waals surface area (Å²) in [6.07, 6.45) is 1.66. The molecule has 5 nitrogen and oxygen atoms in total. The zero-order chi connectivity index (χ0) is 19.8. The smallest absolute Gasteiger partial charge is 0.339 e. The number of nitrogens with zero attached hydrogens (tertiary/aromatic N) is 1. The monoisotopic (exact) mass is 372 g/mol. The Morgan fingerprint density at radius 1 is 1.26 bits per heavy atom. The van der Waals surface area contributed by atoms with Gasteiger partial charge in [0, 0.05) is 31.6 Å². The van der Waals surface area contributed by atoms with E-state index < -0.39 is 11.6 Å². The van der Waals surface area contributed by atoms with Gasteiger partial charge in [0.15, 0.2) is 5.60 Å². The van der Waals surface area contributed by atoms with E-state index in [0.29, 0.717) is 30.4 Å². The number of hydrogen-bond donors (Lipinski definition) is 1. The van der Waals surface area contributed by atoms with Crippen molar-refractivity contribution in [2.24, 2.45) is 11.8 Å². The average molecular weight is 373 g/mol. The Morgan fingerprint density at radius 2 is 1.89 bits per heavy atom. The number of rotatable bonds is 4. The van der Waals surface area contributed by atoms with E-state index in [2.05, 4.69) is 37.9 Å². The van der Waals surface area contributed by atoms with Crippen molar-refractivity contribution < 1.29 is 14.3 Å². The van der Waals surface area contributed by atoms with E-state index >= 15 is 0 Å². The van der Waals surface area contributed by atoms with Crippen LogP contribution in [-0.4, -0.2) is 47.6 Å². The van der Waals surface area contributed by atoms with Crippen LogP contribution in [-0.2, 0) is 16.0 Å². The molecule has 0 radical (unpaired) electrons. The van der Waals surface area contributed by atoms with Crippen LogP contribution >= 0.6 is 0 Å². The number of piperidine rings is 1. The minimum atomic E-state index is -1.16. The summed E-state index contributed by atoms with van der Waals surface area (Å²) >= 11 is 0. The molecule has 148 valence electrons. The first-order chi connectivity index (χ1) is 12.6. The molecule has 3 rings (SSSR count). The van der Waals surface area contributed by atoms with E-state index in [4.69, 9.17) is 4.74 Å². The van der Waals surface area contributed by atoms with Crippen molar-refractivity contribution in [1.29, 1.82) is 0 Å². The molecule has 1 amide bonds. The van der Waals surface area contributed by atoms with Crippen LogP contribution in [0.1, 0.15) is 57.0 Å². The Kier molecular flexibility index (Phi) is 5.35. The first-order valence-electron chi connectivity index (χ1n) is 9.95. The molecule has 0 bridgehead atoms. The van der Waals surface area contributed by atoms with Gasteiger partial charge < -0.3 is 10.1 Å². The minimum Gasteiger partial charge on any atom is -0.445 e. The lowest BCUT2D eigenvalue weighted by Gasteiger charge is -2.45. The third kappa shape index (κ3) is 4.18. The summed E-state index contributed by atoms with van der Waals surface area (Å²) in [5.74, 6) is 0.679. The van der Waals surface area contributed by atoms with Crippen LogP contribution in [0.3, 0.4) is 0 Å². The number of ether oxygens (including phenoxy) is 1. The van der Waals surface area contributed by atoms with Crippen molar-refractivity contribution in [3.05, 3.63) is 35.4 Å². The maximum Gasteiger partial charge on any atom is 0.339 e. The minimum absolute atomic E-state index is 0.147. The maximum absolute atomic E-state index is 12.9. The summed E-state index contributed by atoms with van der Waals surface area (Å²) < 4.78 is 5.54. The van der Waals surface area contributed by atoms with Crippen LogP contribution in [0.2, 0.25) is 0 Å². The molecule has 0 saturated carbocycles. The Labute approximate surface area is 162 Å². The fourth-order valence-electron chi connectivity index (χ4n) is 4.41. The van der Waals surface area contributed by atoms with Crippen LogP contribution in [0.5, 0.6) is 0 Å². The summed E-state index contributed by atoms with van der Waals surface area (Å²) in [6, 6.07) is 7.34. The van der Waals surface area contributed by atoms with Crippen LogP contribution in [0.15, 0.2) is 24.3 Å². The summed E-state index contributed by atoms with van der Waals surface area (Å²) in [5, 5.41) is 3.05. The molecule has 2 aliphatic heterocycles. The van der Waals surface area contributed by atoms with Crippen molar-refractivity contribution >= 4 is 11.9 Å². The van der Waals surface area contributed by atoms with Gasteiger partial charge in [-0.15, -0.1) is 0 Å². The predicted octanol–water partition coefficient (Wildman–Crippen LogP) is 3.03. The van der Waals surface area contributed by atoms with Gasteiger partial charge in [-0.3, -0.25) is 9.69 Å². The van der Waals surface area contributed by atoms with Crippen molar-refractivity contribution in [3.63, 3.8) is 0 Å². The van der Waals surface area contributed by atoms with E-state index in [1.54, 1.807) is 13.0 Å². The highest BCUT2D eigenvalue weighted by molar-refractivity contribution is 5.97. The number of amides is 1. The number of fused-ring (bicyclic) bond motifs is 1. The summed E-state index contributed by atoms with van der Waals surface area (Å²) in [4.78, 5) is 27.7. The summed E-state index contributed by atoms with van der Waals surface area (Å²) in [6.45, 7) is 13.2. The number of benzene rings is 1. The quantitative estimate of drug-likeness (QED) is 0.826. The van der Waals surface area contributed by atoms with Crippen LogP contribution in [0, 0.1) is 11.8 Å². The Morgan fingerprint density at radius 3 is 2.56 bits per heavy atom. The lowest BCUT2D eigenvalue weighted by atomic mass is 9.87. The Balaban J connectivity index is 1.66. The highest BCUT2D eigenvalue weighted by Gasteiger charge is 2.43. The van der Waals surface area contributed by atoms with E-state index in [9.17, 15) is 9.59 Å². The molecule has 1 aromatic rings. The van der Waals surface area contributed by atoms with Crippen molar-refractivity contribution in [2.75, 3.05) is 19.6 Å². The van der Waals surface area contributed by atoms with Crippen molar-refractivity contribution in [2.45, 2.75) is 58.6 Å². The lowest BCUT2D eigenvalue weighted by Crippen LogP contribution is -2.59. The average Bonchev–Trinajstić information content (AvgIpc) is 2.58. The summed E-state index contributed by atoms with van der Waals surface area (Å²) in [5.41, 5.74) is 0.110. The number of nitrogens with one attached hydrogen (secondary N) is 1. The number of carbonyl (C=O) groups is 2. The predicted molar refractivity (Wildman–Crippen MR) is 106 cm³/mol. The van der Waals surface area contributed by atoms with Gasteiger partial charge in [-0.25, -0.2) is 4.79 Å². The first kappa shape index (κ1) is 19.9. The number of esters is 1. The molecule has 3 atom stereocenters. The molecule has 1 fully saturated rings. The van der Waals surface area contributed by atoms with Gasteiger partial charge in [0.25, 0.3) is 5.91 Å². The molecule has 1 aromatic carbocycles. The number of carbonyl (C=O) groups excluding carboxylic acids is 2. The zero-order valence-corrected chi connectivity index (χ0v) is 17.2. The molecule has 27 heavy (non-hydrogen) atoms. The van der Waals surface area contributed by atoms with Gasteiger partial charge in [0.05, 0.1) is 5.56 Å². The normalized spacial score (nSPS) is 29.0. The Bertz CT molecular complexity index is 720. The van der Waals surface area contributed by atoms with Gasteiger partial charge in [-0.2, -0.15) is 0 Å². The second-order valence-electron chi connectivity index (χ2n) is 9.30. The summed E-state index contributed by atoms with van der Waals surface area (Å²) in [7, 11) is 0. The first-order valence-corrected chi connectivity index (χ1v) is 9.95. The standard InChI is InChI=1S/C22H32N2O3/c1-15-10-16(2)13-24(12-15)21(3,4)14-23-20(26)22(5)11-17-8-6-7-9-18(17)19(25)27-22/h6-9,15-16H,10-14H2,1-5H3,(H,23,26). The second kappa shape index (κ2) is 7.27. The van der Waals surface area contributed by atoms with Gasteiger partial charge >= 0.3 is 5.97 Å². The molecule has 0 aromatic heterocycles. The van der Waals surface area contributed by atoms with Crippen LogP contribution in [0.4, 0.5) is 0 Å². The third-order valence-corrected chi connectivity index (χ3v) is 5.97. The largest absolute Gasteiger partial charge is 0.445 e. The van der Waals surface area contributed by atoms with E-state index in [0.717, 1.165) is 18.7 Å². The highest BCUT2D eigenvalue weighted by Crippen LogP contribution is 2.29. The SMILES string of the molecule is CC1CC(C)CN(C(C)(C)CNC(=O)C2(C)Cc3ccccc3C(=O)O2)C1. The molecule has 2 aliphatic rings. The molecule has 0 aliphatic carbocycles. The fourth-order valence-corrected chi connectivity index (χ4v) is 4.41. The van der Waals surface area contributed by atoms with E-state index in [1.807, 2.05) is 18.2 Å². The number of cyclic esters (lactones) is 1. The molecule has 5 heteroatoms. The van der Waals surface area contributed by atoms with Gasteiger partial charge in [0.2, 0.25) is 0 Å². The Hall–Kier alpha value is -1.88. The molecular formula is C22H32N2O3. The number of hydrogen-bond acceptors (Lipinski definition) is 4. The van der Waals surface area contributed by atoms with Crippen LogP contribution < -0.4 is 5.32 Å². The van der Waals surface area contributed by atoms with E-state index in [-0.39, 0.29) is 11.4 Å². The van der Waals surface area contributed by atoms with Crippen LogP contribution in [0.25, 0.3) is 0 Å². The van der Waals surface area contributed by atoms with Gasteiger partial charge in [0.1, 0.15) is 0 Å².